The lowest BCUT2D eigenvalue weighted by Crippen LogP contribution is -2.49. The molecule has 1 aromatic heterocycles. The van der Waals surface area contributed by atoms with Gasteiger partial charge >= 0.3 is 0 Å². The number of hydrogen-bond donors (Lipinski definition) is 0. The number of amides is 1. The highest BCUT2D eigenvalue weighted by Gasteiger charge is 2.22. The molecule has 0 bridgehead atoms. The van der Waals surface area contributed by atoms with Gasteiger partial charge in [-0.05, 0) is 26.2 Å². The quantitative estimate of drug-likeness (QED) is 0.779. The minimum atomic E-state index is 0.0926. The van der Waals surface area contributed by atoms with Gasteiger partial charge in [0.15, 0.2) is 0 Å². The molecule has 6 nitrogen and oxygen atoms in total. The van der Waals surface area contributed by atoms with Gasteiger partial charge in [-0.2, -0.15) is 0 Å². The van der Waals surface area contributed by atoms with Crippen LogP contribution in [0.2, 0.25) is 0 Å². The molecule has 0 saturated carbocycles. The second kappa shape index (κ2) is 8.89. The standard InChI is InChI=1S/C17H27N3O3S/c1-14-18-15(13-24-14)10-19-5-7-20(8-6-19)17(21)12-22-11-16-4-2-3-9-23-16/h13,16H,2-12H2,1H3/t16-/m1/s1. The van der Waals surface area contributed by atoms with Crippen LogP contribution in [0.4, 0.5) is 0 Å². The molecule has 2 aliphatic heterocycles. The van der Waals surface area contributed by atoms with Crippen LogP contribution >= 0.6 is 11.3 Å². The van der Waals surface area contributed by atoms with Crippen LogP contribution in [0.1, 0.15) is 30.0 Å². The molecule has 134 valence electrons. The van der Waals surface area contributed by atoms with E-state index in [1.165, 1.54) is 6.42 Å². The summed E-state index contributed by atoms with van der Waals surface area (Å²) in [6.45, 7) is 7.77. The Morgan fingerprint density at radius 1 is 1.38 bits per heavy atom. The first-order valence-electron chi connectivity index (χ1n) is 8.81. The molecule has 0 spiro atoms. The third kappa shape index (κ3) is 5.24. The second-order valence-electron chi connectivity index (χ2n) is 6.52. The summed E-state index contributed by atoms with van der Waals surface area (Å²) >= 11 is 1.69. The third-order valence-corrected chi connectivity index (χ3v) is 5.40. The zero-order valence-corrected chi connectivity index (χ0v) is 15.2. The maximum absolute atomic E-state index is 12.2. The number of carbonyl (C=O) groups is 1. The van der Waals surface area contributed by atoms with Crippen molar-refractivity contribution in [3.63, 3.8) is 0 Å². The van der Waals surface area contributed by atoms with Gasteiger partial charge in [0.05, 0.1) is 23.4 Å². The molecule has 1 atom stereocenters. The number of ether oxygens (including phenoxy) is 2. The Morgan fingerprint density at radius 2 is 2.21 bits per heavy atom. The number of thiazole rings is 1. The molecule has 0 aromatic carbocycles. The molecule has 7 heteroatoms. The normalized spacial score (nSPS) is 22.7. The lowest BCUT2D eigenvalue weighted by atomic mass is 10.1. The summed E-state index contributed by atoms with van der Waals surface area (Å²) in [7, 11) is 0. The summed E-state index contributed by atoms with van der Waals surface area (Å²) < 4.78 is 11.2. The molecule has 2 fully saturated rings. The predicted octanol–water partition coefficient (Wildman–Crippen LogP) is 1.68. The minimum Gasteiger partial charge on any atom is -0.376 e. The van der Waals surface area contributed by atoms with Crippen molar-refractivity contribution in [1.29, 1.82) is 0 Å². The van der Waals surface area contributed by atoms with Crippen LogP contribution in [0.15, 0.2) is 5.38 Å². The predicted molar refractivity (Wildman–Crippen MR) is 93.1 cm³/mol. The first kappa shape index (κ1) is 17.8. The number of rotatable bonds is 6. The first-order chi connectivity index (χ1) is 11.7. The highest BCUT2D eigenvalue weighted by molar-refractivity contribution is 7.09. The summed E-state index contributed by atoms with van der Waals surface area (Å²) in [4.78, 5) is 21.0. The van der Waals surface area contributed by atoms with Crippen LogP contribution in [0.5, 0.6) is 0 Å². The Labute approximate surface area is 147 Å². The van der Waals surface area contributed by atoms with Gasteiger partial charge in [-0.25, -0.2) is 4.98 Å². The monoisotopic (exact) mass is 353 g/mol. The fourth-order valence-corrected chi connectivity index (χ4v) is 3.78. The van der Waals surface area contributed by atoms with Crippen molar-refractivity contribution >= 4 is 17.2 Å². The average molecular weight is 353 g/mol. The zero-order chi connectivity index (χ0) is 16.8. The number of nitrogens with zero attached hydrogens (tertiary/aromatic N) is 3. The van der Waals surface area contributed by atoms with Crippen LogP contribution < -0.4 is 0 Å². The molecule has 0 unspecified atom stereocenters. The molecular weight excluding hydrogens is 326 g/mol. The van der Waals surface area contributed by atoms with E-state index in [1.54, 1.807) is 11.3 Å². The van der Waals surface area contributed by atoms with E-state index in [0.717, 1.165) is 62.9 Å². The zero-order valence-electron chi connectivity index (χ0n) is 14.4. The molecule has 1 amide bonds. The molecule has 2 aliphatic rings. The summed E-state index contributed by atoms with van der Waals surface area (Å²) in [5.74, 6) is 0.0926. The minimum absolute atomic E-state index is 0.0926. The molecule has 0 aliphatic carbocycles. The number of carbonyl (C=O) groups excluding carboxylic acids is 1. The van der Waals surface area contributed by atoms with Gasteiger partial charge in [0.1, 0.15) is 6.61 Å². The van der Waals surface area contributed by atoms with Crippen LogP contribution in [-0.4, -0.2) is 72.8 Å². The Bertz CT molecular complexity index is 523. The van der Waals surface area contributed by atoms with Gasteiger partial charge in [0.2, 0.25) is 5.91 Å². The lowest BCUT2D eigenvalue weighted by molar-refractivity contribution is -0.140. The Morgan fingerprint density at radius 3 is 2.88 bits per heavy atom. The van der Waals surface area contributed by atoms with Crippen molar-refractivity contribution in [3.05, 3.63) is 16.1 Å². The molecule has 3 heterocycles. The maximum Gasteiger partial charge on any atom is 0.248 e. The van der Waals surface area contributed by atoms with E-state index < -0.39 is 0 Å². The summed E-state index contributed by atoms with van der Waals surface area (Å²) in [6, 6.07) is 0. The molecule has 1 aromatic rings. The molecule has 0 radical (unpaired) electrons. The van der Waals surface area contributed by atoms with E-state index in [2.05, 4.69) is 15.3 Å². The van der Waals surface area contributed by atoms with E-state index in [4.69, 9.17) is 9.47 Å². The van der Waals surface area contributed by atoms with Crippen molar-refractivity contribution in [1.82, 2.24) is 14.8 Å². The van der Waals surface area contributed by atoms with Crippen molar-refractivity contribution in [2.24, 2.45) is 0 Å². The van der Waals surface area contributed by atoms with Crippen molar-refractivity contribution in [3.8, 4) is 0 Å². The van der Waals surface area contributed by atoms with Crippen molar-refractivity contribution in [2.75, 3.05) is 46.0 Å². The Hall–Kier alpha value is -1.02. The van der Waals surface area contributed by atoms with E-state index >= 15 is 0 Å². The van der Waals surface area contributed by atoms with Gasteiger partial charge in [0.25, 0.3) is 0 Å². The summed E-state index contributed by atoms with van der Waals surface area (Å²) in [5, 5.41) is 3.23. The third-order valence-electron chi connectivity index (χ3n) is 4.58. The van der Waals surface area contributed by atoms with E-state index in [9.17, 15) is 4.79 Å². The number of aryl methyl sites for hydroxylation is 1. The van der Waals surface area contributed by atoms with Gasteiger partial charge in [-0.15, -0.1) is 11.3 Å². The van der Waals surface area contributed by atoms with E-state index in [1.807, 2.05) is 11.8 Å². The van der Waals surface area contributed by atoms with Crippen LogP contribution in [0.3, 0.4) is 0 Å². The Kier molecular flexibility index (Phi) is 6.59. The van der Waals surface area contributed by atoms with Crippen molar-refractivity contribution < 1.29 is 14.3 Å². The number of piperazine rings is 1. The van der Waals surface area contributed by atoms with Gasteiger partial charge in [-0.1, -0.05) is 0 Å². The van der Waals surface area contributed by atoms with E-state index in [-0.39, 0.29) is 18.6 Å². The van der Waals surface area contributed by atoms with Gasteiger partial charge in [0, 0.05) is 44.7 Å². The second-order valence-corrected chi connectivity index (χ2v) is 7.58. The lowest BCUT2D eigenvalue weighted by Gasteiger charge is -2.34. The average Bonchev–Trinajstić information content (AvgIpc) is 3.01. The Balaban J connectivity index is 1.32. The van der Waals surface area contributed by atoms with Gasteiger partial charge < -0.3 is 14.4 Å². The smallest absolute Gasteiger partial charge is 0.248 e. The van der Waals surface area contributed by atoms with Crippen LogP contribution in [0.25, 0.3) is 0 Å². The highest BCUT2D eigenvalue weighted by Crippen LogP contribution is 2.14. The molecular formula is C17H27N3O3S. The van der Waals surface area contributed by atoms with Crippen LogP contribution in [-0.2, 0) is 20.8 Å². The van der Waals surface area contributed by atoms with Gasteiger partial charge in [-0.3, -0.25) is 9.69 Å². The fraction of sp³-hybridized carbons (Fsp3) is 0.765. The SMILES string of the molecule is Cc1nc(CN2CCN(C(=O)COC[C@H]3CCCCO3)CC2)cs1. The topological polar surface area (TPSA) is 54.9 Å². The largest absolute Gasteiger partial charge is 0.376 e. The molecule has 2 saturated heterocycles. The number of aromatic nitrogens is 1. The molecule has 3 rings (SSSR count). The molecule has 24 heavy (non-hydrogen) atoms. The maximum atomic E-state index is 12.2. The van der Waals surface area contributed by atoms with Crippen LogP contribution in [0, 0.1) is 6.92 Å². The van der Waals surface area contributed by atoms with E-state index in [0.29, 0.717) is 6.61 Å². The first-order valence-corrected chi connectivity index (χ1v) is 9.69. The number of hydrogen-bond acceptors (Lipinski definition) is 6. The summed E-state index contributed by atoms with van der Waals surface area (Å²) in [6.07, 6.45) is 3.55. The van der Waals surface area contributed by atoms with Crippen molar-refractivity contribution in [2.45, 2.75) is 38.8 Å². The molecule has 0 N–H and O–H groups in total. The fourth-order valence-electron chi connectivity index (χ4n) is 3.17. The highest BCUT2D eigenvalue weighted by atomic mass is 32.1. The summed E-state index contributed by atoms with van der Waals surface area (Å²) in [5.41, 5.74) is 1.13.